The lowest BCUT2D eigenvalue weighted by molar-refractivity contribution is 0.0989. The minimum absolute atomic E-state index is 0.0503. The van der Waals surface area contributed by atoms with Crippen LogP contribution >= 0.6 is 11.3 Å². The van der Waals surface area contributed by atoms with Crippen molar-refractivity contribution in [3.8, 4) is 0 Å². The fourth-order valence-corrected chi connectivity index (χ4v) is 3.35. The molecule has 5 nitrogen and oxygen atoms in total. The Balaban J connectivity index is 1.79. The normalized spacial score (nSPS) is 31.3. The van der Waals surface area contributed by atoms with Crippen LogP contribution in [-0.4, -0.2) is 48.2 Å². The summed E-state index contributed by atoms with van der Waals surface area (Å²) >= 11 is 0.917. The molecular weight excluding hydrogens is 264 g/mol. The summed E-state index contributed by atoms with van der Waals surface area (Å²) in [5.74, 6) is 0.237. The van der Waals surface area contributed by atoms with E-state index in [1.807, 2.05) is 4.90 Å². The number of hydrogen-bond donors (Lipinski definition) is 1. The first-order valence-electron chi connectivity index (χ1n) is 5.70. The molecule has 2 saturated heterocycles. The third-order valence-electron chi connectivity index (χ3n) is 3.72. The van der Waals surface area contributed by atoms with Gasteiger partial charge in [0, 0.05) is 24.4 Å². The van der Waals surface area contributed by atoms with Gasteiger partial charge >= 0.3 is 0 Å². The first-order chi connectivity index (χ1) is 8.64. The number of alkyl halides is 2. The van der Waals surface area contributed by atoms with Crippen molar-refractivity contribution in [2.24, 2.45) is 11.3 Å². The average Bonchev–Trinajstić information content (AvgIpc) is 3.01. The molecule has 0 spiro atoms. The van der Waals surface area contributed by atoms with Gasteiger partial charge in [0.15, 0.2) is 5.01 Å². The van der Waals surface area contributed by atoms with Crippen molar-refractivity contribution in [1.29, 1.82) is 0 Å². The van der Waals surface area contributed by atoms with E-state index >= 15 is 0 Å². The molecule has 2 aliphatic rings. The zero-order valence-corrected chi connectivity index (χ0v) is 10.4. The van der Waals surface area contributed by atoms with Gasteiger partial charge < -0.3 is 14.7 Å². The molecule has 0 bridgehead atoms. The number of aliphatic hydroxyl groups is 1. The Bertz CT molecular complexity index is 445. The summed E-state index contributed by atoms with van der Waals surface area (Å²) in [4.78, 5) is 1.92. The predicted octanol–water partition coefficient (Wildman–Crippen LogP) is 0.921. The lowest BCUT2D eigenvalue weighted by Gasteiger charge is -2.23. The number of hydrogen-bond acceptors (Lipinski definition) is 6. The Morgan fingerprint density at radius 2 is 2.39 bits per heavy atom. The minimum atomic E-state index is -2.58. The standard InChI is InChI=1S/C10H13F2N3O2S/c11-7(12)8-13-14-9(18-8)15-1-6-2-17-5-10(6,3-15)4-16/h6-7,16H,1-5H2/t6-,10-/m1/s1. The van der Waals surface area contributed by atoms with Crippen molar-refractivity contribution in [3.63, 3.8) is 0 Å². The van der Waals surface area contributed by atoms with Crippen LogP contribution < -0.4 is 4.90 Å². The molecular formula is C10H13F2N3O2S. The first-order valence-corrected chi connectivity index (χ1v) is 6.51. The minimum Gasteiger partial charge on any atom is -0.396 e. The second-order valence-electron chi connectivity index (χ2n) is 4.84. The SMILES string of the molecule is OC[C@]12COC[C@H]1CN(c1nnc(C(F)F)s1)C2. The van der Waals surface area contributed by atoms with Crippen LogP contribution in [0.25, 0.3) is 0 Å². The van der Waals surface area contributed by atoms with E-state index in [1.165, 1.54) is 0 Å². The van der Waals surface area contributed by atoms with Crippen molar-refractivity contribution in [2.75, 3.05) is 37.8 Å². The molecule has 18 heavy (non-hydrogen) atoms. The van der Waals surface area contributed by atoms with E-state index in [0.29, 0.717) is 31.4 Å². The van der Waals surface area contributed by atoms with Gasteiger partial charge in [-0.05, 0) is 0 Å². The zero-order valence-electron chi connectivity index (χ0n) is 9.55. The van der Waals surface area contributed by atoms with E-state index in [0.717, 1.165) is 11.3 Å². The molecule has 0 radical (unpaired) electrons. The number of fused-ring (bicyclic) bond motifs is 1. The van der Waals surface area contributed by atoms with Gasteiger partial charge in [0.05, 0.1) is 19.8 Å². The van der Waals surface area contributed by atoms with Crippen molar-refractivity contribution < 1.29 is 18.6 Å². The lowest BCUT2D eigenvalue weighted by atomic mass is 9.82. The molecule has 0 unspecified atom stereocenters. The highest BCUT2D eigenvalue weighted by molar-refractivity contribution is 7.15. The van der Waals surface area contributed by atoms with Gasteiger partial charge in [-0.3, -0.25) is 0 Å². The molecule has 0 saturated carbocycles. The summed E-state index contributed by atoms with van der Waals surface area (Å²) < 4.78 is 30.3. The van der Waals surface area contributed by atoms with E-state index < -0.39 is 6.43 Å². The van der Waals surface area contributed by atoms with Crippen LogP contribution in [0.2, 0.25) is 0 Å². The van der Waals surface area contributed by atoms with E-state index in [2.05, 4.69) is 10.2 Å². The second kappa shape index (κ2) is 4.36. The quantitative estimate of drug-likeness (QED) is 0.890. The molecule has 0 aromatic carbocycles. The molecule has 2 aliphatic heterocycles. The van der Waals surface area contributed by atoms with Gasteiger partial charge in [0.1, 0.15) is 0 Å². The number of anilines is 1. The Labute approximate surface area is 106 Å². The zero-order chi connectivity index (χ0) is 12.8. The maximum Gasteiger partial charge on any atom is 0.291 e. The van der Waals surface area contributed by atoms with Crippen LogP contribution in [0.5, 0.6) is 0 Å². The summed E-state index contributed by atoms with van der Waals surface area (Å²) in [5.41, 5.74) is -0.267. The number of rotatable bonds is 3. The van der Waals surface area contributed by atoms with Gasteiger partial charge in [-0.15, -0.1) is 10.2 Å². The maximum atomic E-state index is 12.5. The third-order valence-corrected chi connectivity index (χ3v) is 4.71. The van der Waals surface area contributed by atoms with Crippen molar-refractivity contribution in [3.05, 3.63) is 5.01 Å². The van der Waals surface area contributed by atoms with E-state index in [-0.39, 0.29) is 22.9 Å². The lowest BCUT2D eigenvalue weighted by Crippen LogP contribution is -2.34. The van der Waals surface area contributed by atoms with Crippen molar-refractivity contribution >= 4 is 16.5 Å². The number of halogens is 2. The monoisotopic (exact) mass is 277 g/mol. The fourth-order valence-electron chi connectivity index (χ4n) is 2.64. The summed E-state index contributed by atoms with van der Waals surface area (Å²) in [6.07, 6.45) is -2.58. The molecule has 3 rings (SSSR count). The highest BCUT2D eigenvalue weighted by Gasteiger charge is 2.51. The van der Waals surface area contributed by atoms with E-state index in [4.69, 9.17) is 4.74 Å². The molecule has 3 heterocycles. The van der Waals surface area contributed by atoms with Crippen LogP contribution in [0.4, 0.5) is 13.9 Å². The first kappa shape index (κ1) is 12.2. The summed E-state index contributed by atoms with van der Waals surface area (Å²) in [5, 5.41) is 17.1. The summed E-state index contributed by atoms with van der Waals surface area (Å²) in [7, 11) is 0. The van der Waals surface area contributed by atoms with E-state index in [1.54, 1.807) is 0 Å². The average molecular weight is 277 g/mol. The third kappa shape index (κ3) is 1.79. The Morgan fingerprint density at radius 3 is 3.00 bits per heavy atom. The molecule has 0 aliphatic carbocycles. The molecule has 1 aromatic rings. The molecule has 0 amide bonds. The summed E-state index contributed by atoms with van der Waals surface area (Å²) in [6, 6.07) is 0. The highest BCUT2D eigenvalue weighted by atomic mass is 32.1. The van der Waals surface area contributed by atoms with Crippen LogP contribution in [-0.2, 0) is 4.74 Å². The molecule has 1 N–H and O–H groups in total. The molecule has 2 atom stereocenters. The number of ether oxygens (including phenoxy) is 1. The molecule has 100 valence electrons. The van der Waals surface area contributed by atoms with Gasteiger partial charge in [0.2, 0.25) is 5.13 Å². The van der Waals surface area contributed by atoms with Gasteiger partial charge in [-0.25, -0.2) is 8.78 Å². The second-order valence-corrected chi connectivity index (χ2v) is 5.82. The van der Waals surface area contributed by atoms with Crippen LogP contribution in [0.1, 0.15) is 11.4 Å². The summed E-state index contributed by atoms with van der Waals surface area (Å²) in [6.45, 7) is 2.45. The predicted molar refractivity (Wildman–Crippen MR) is 60.9 cm³/mol. The van der Waals surface area contributed by atoms with Crippen molar-refractivity contribution in [1.82, 2.24) is 10.2 Å². The fraction of sp³-hybridized carbons (Fsp3) is 0.800. The van der Waals surface area contributed by atoms with Crippen molar-refractivity contribution in [2.45, 2.75) is 6.43 Å². The van der Waals surface area contributed by atoms with Gasteiger partial charge in [-0.1, -0.05) is 11.3 Å². The maximum absolute atomic E-state index is 12.5. The van der Waals surface area contributed by atoms with Crippen LogP contribution in [0.15, 0.2) is 0 Å². The Morgan fingerprint density at radius 1 is 1.56 bits per heavy atom. The van der Waals surface area contributed by atoms with Crippen LogP contribution in [0.3, 0.4) is 0 Å². The van der Waals surface area contributed by atoms with Crippen LogP contribution in [0, 0.1) is 11.3 Å². The van der Waals surface area contributed by atoms with Gasteiger partial charge in [0.25, 0.3) is 6.43 Å². The number of nitrogens with zero attached hydrogens (tertiary/aromatic N) is 3. The van der Waals surface area contributed by atoms with Gasteiger partial charge in [-0.2, -0.15) is 0 Å². The largest absolute Gasteiger partial charge is 0.396 e. The molecule has 1 aromatic heterocycles. The van der Waals surface area contributed by atoms with E-state index in [9.17, 15) is 13.9 Å². The smallest absolute Gasteiger partial charge is 0.291 e. The highest BCUT2D eigenvalue weighted by Crippen LogP contribution is 2.43. The Kier molecular flexibility index (Phi) is 2.95. The number of aliphatic hydroxyl groups excluding tert-OH is 1. The Hall–Kier alpha value is -0.860. The molecule has 8 heteroatoms. The molecule has 2 fully saturated rings. The number of aromatic nitrogens is 2. The topological polar surface area (TPSA) is 58.5 Å².